The Bertz CT molecular complexity index is 1060. The summed E-state index contributed by atoms with van der Waals surface area (Å²) in [6.07, 6.45) is 0. The molecule has 0 radical (unpaired) electrons. The molecule has 1 amide bonds. The van der Waals surface area contributed by atoms with E-state index in [0.29, 0.717) is 0 Å². The van der Waals surface area contributed by atoms with Crippen LogP contribution in [-0.4, -0.2) is 10.5 Å². The van der Waals surface area contributed by atoms with E-state index in [1.165, 1.54) is 33.1 Å². The molecular weight excluding hydrogens is 316 g/mol. The van der Waals surface area contributed by atoms with Crippen LogP contribution in [0.25, 0.3) is 21.8 Å². The Hall–Kier alpha value is -2.59. The van der Waals surface area contributed by atoms with Gasteiger partial charge in [0.05, 0.1) is 4.88 Å². The molecule has 1 N–H and O–H groups in total. The molecule has 4 aromatic rings. The van der Waals surface area contributed by atoms with Crippen molar-refractivity contribution >= 4 is 44.7 Å². The molecule has 0 bridgehead atoms. The van der Waals surface area contributed by atoms with E-state index in [1.54, 1.807) is 0 Å². The predicted octanol–water partition coefficient (Wildman–Crippen LogP) is 5.44. The third-order valence-electron chi connectivity index (χ3n) is 4.31. The van der Waals surface area contributed by atoms with E-state index in [0.717, 1.165) is 22.0 Å². The second kappa shape index (κ2) is 5.80. The summed E-state index contributed by atoms with van der Waals surface area (Å²) in [5.41, 5.74) is 3.26. The van der Waals surface area contributed by atoms with Crippen LogP contribution < -0.4 is 5.32 Å². The van der Waals surface area contributed by atoms with Crippen molar-refractivity contribution in [2.24, 2.45) is 0 Å². The molecule has 0 spiro atoms. The number of fused-ring (bicyclic) bond motifs is 3. The first kappa shape index (κ1) is 15.0. The number of aromatic nitrogens is 1. The lowest BCUT2D eigenvalue weighted by Crippen LogP contribution is -2.09. The fraction of sp³-hybridized carbons (Fsp3) is 0.150. The molecule has 2 heterocycles. The Labute approximate surface area is 144 Å². The fourth-order valence-electron chi connectivity index (χ4n) is 3.22. The van der Waals surface area contributed by atoms with Crippen LogP contribution >= 0.6 is 11.3 Å². The molecule has 0 aliphatic carbocycles. The molecular formula is C20H18N2OS. The molecule has 4 heteroatoms. The molecule has 120 valence electrons. The van der Waals surface area contributed by atoms with Crippen LogP contribution in [0.4, 0.5) is 5.69 Å². The Balaban J connectivity index is 1.78. The van der Waals surface area contributed by atoms with E-state index in [9.17, 15) is 4.79 Å². The maximum Gasteiger partial charge on any atom is 0.265 e. The van der Waals surface area contributed by atoms with Crippen molar-refractivity contribution in [3.05, 3.63) is 64.4 Å². The lowest BCUT2D eigenvalue weighted by atomic mass is 10.1. The van der Waals surface area contributed by atoms with Crippen molar-refractivity contribution in [1.82, 2.24) is 4.57 Å². The van der Waals surface area contributed by atoms with E-state index in [-0.39, 0.29) is 5.91 Å². The zero-order chi connectivity index (χ0) is 16.7. The van der Waals surface area contributed by atoms with Crippen LogP contribution in [0.15, 0.2) is 54.6 Å². The molecule has 2 aromatic carbocycles. The van der Waals surface area contributed by atoms with Gasteiger partial charge in [-0.2, -0.15) is 0 Å². The second-order valence-electron chi connectivity index (χ2n) is 5.86. The van der Waals surface area contributed by atoms with Gasteiger partial charge in [0.2, 0.25) is 0 Å². The van der Waals surface area contributed by atoms with Gasteiger partial charge in [0.1, 0.15) is 0 Å². The number of carbonyl (C=O) groups is 1. The number of aryl methyl sites for hydroxylation is 2. The number of hydrogen-bond acceptors (Lipinski definition) is 2. The van der Waals surface area contributed by atoms with Crippen molar-refractivity contribution < 1.29 is 4.79 Å². The SMILES string of the molecule is CCn1c2ccccc2c2cc(NC(=O)c3ccc(C)s3)ccc21. The van der Waals surface area contributed by atoms with Gasteiger partial charge in [0.15, 0.2) is 0 Å². The number of para-hydroxylation sites is 1. The maximum absolute atomic E-state index is 12.4. The Morgan fingerprint density at radius 2 is 1.83 bits per heavy atom. The summed E-state index contributed by atoms with van der Waals surface area (Å²) in [4.78, 5) is 14.3. The van der Waals surface area contributed by atoms with Gasteiger partial charge in [0.25, 0.3) is 5.91 Å². The monoisotopic (exact) mass is 334 g/mol. The van der Waals surface area contributed by atoms with Gasteiger partial charge in [-0.05, 0) is 50.2 Å². The molecule has 0 atom stereocenters. The average Bonchev–Trinajstić information content (AvgIpc) is 3.16. The first-order valence-corrected chi connectivity index (χ1v) is 8.88. The largest absolute Gasteiger partial charge is 0.341 e. The quantitative estimate of drug-likeness (QED) is 0.532. The van der Waals surface area contributed by atoms with E-state index < -0.39 is 0 Å². The summed E-state index contributed by atoms with van der Waals surface area (Å²) in [7, 11) is 0. The zero-order valence-corrected chi connectivity index (χ0v) is 14.5. The zero-order valence-electron chi connectivity index (χ0n) is 13.7. The minimum absolute atomic E-state index is 0.0494. The maximum atomic E-state index is 12.4. The van der Waals surface area contributed by atoms with Gasteiger partial charge in [-0.3, -0.25) is 4.79 Å². The highest BCUT2D eigenvalue weighted by molar-refractivity contribution is 7.14. The molecule has 0 saturated carbocycles. The van der Waals surface area contributed by atoms with Crippen LogP contribution in [0.1, 0.15) is 21.5 Å². The lowest BCUT2D eigenvalue weighted by molar-refractivity contribution is 0.103. The highest BCUT2D eigenvalue weighted by atomic mass is 32.1. The number of nitrogens with one attached hydrogen (secondary N) is 1. The highest BCUT2D eigenvalue weighted by Gasteiger charge is 2.12. The summed E-state index contributed by atoms with van der Waals surface area (Å²) in [5.74, 6) is -0.0494. The molecule has 0 fully saturated rings. The Morgan fingerprint density at radius 3 is 2.58 bits per heavy atom. The molecule has 3 nitrogen and oxygen atoms in total. The summed E-state index contributed by atoms with van der Waals surface area (Å²) >= 11 is 1.51. The van der Waals surface area contributed by atoms with Gasteiger partial charge in [0, 0.05) is 38.9 Å². The lowest BCUT2D eigenvalue weighted by Gasteiger charge is -2.05. The van der Waals surface area contributed by atoms with Crippen LogP contribution in [0.3, 0.4) is 0 Å². The van der Waals surface area contributed by atoms with E-state index in [4.69, 9.17) is 0 Å². The Morgan fingerprint density at radius 1 is 1.04 bits per heavy atom. The van der Waals surface area contributed by atoms with Crippen LogP contribution in [0.2, 0.25) is 0 Å². The summed E-state index contributed by atoms with van der Waals surface area (Å²) in [6, 6.07) is 18.4. The van der Waals surface area contributed by atoms with Crippen molar-refractivity contribution in [2.75, 3.05) is 5.32 Å². The van der Waals surface area contributed by atoms with Gasteiger partial charge in [-0.1, -0.05) is 18.2 Å². The van der Waals surface area contributed by atoms with Crippen molar-refractivity contribution in [3.63, 3.8) is 0 Å². The number of thiophene rings is 1. The molecule has 4 rings (SSSR count). The van der Waals surface area contributed by atoms with Gasteiger partial charge >= 0.3 is 0 Å². The van der Waals surface area contributed by atoms with Crippen molar-refractivity contribution in [2.45, 2.75) is 20.4 Å². The molecule has 24 heavy (non-hydrogen) atoms. The number of anilines is 1. The van der Waals surface area contributed by atoms with Crippen LogP contribution in [0, 0.1) is 6.92 Å². The number of nitrogens with zero attached hydrogens (tertiary/aromatic N) is 1. The standard InChI is InChI=1S/C20H18N2OS/c1-3-22-17-7-5-4-6-15(17)16-12-14(9-10-18(16)22)21-20(23)19-11-8-13(2)24-19/h4-12H,3H2,1-2H3,(H,21,23). The summed E-state index contributed by atoms with van der Waals surface area (Å²) in [6.45, 7) is 5.08. The average molecular weight is 334 g/mol. The van der Waals surface area contributed by atoms with Crippen molar-refractivity contribution in [3.8, 4) is 0 Å². The second-order valence-corrected chi connectivity index (χ2v) is 7.15. The molecule has 0 aliphatic rings. The number of amides is 1. The molecule has 2 aromatic heterocycles. The molecule has 0 saturated heterocycles. The van der Waals surface area contributed by atoms with Crippen molar-refractivity contribution in [1.29, 1.82) is 0 Å². The number of rotatable bonds is 3. The predicted molar refractivity (Wildman–Crippen MR) is 102 cm³/mol. The summed E-state index contributed by atoms with van der Waals surface area (Å²) < 4.78 is 2.30. The van der Waals surface area contributed by atoms with Crippen LogP contribution in [-0.2, 0) is 6.54 Å². The fourth-order valence-corrected chi connectivity index (χ4v) is 3.98. The third kappa shape index (κ3) is 2.39. The highest BCUT2D eigenvalue weighted by Crippen LogP contribution is 2.31. The van der Waals surface area contributed by atoms with Gasteiger partial charge in [-0.25, -0.2) is 0 Å². The first-order chi connectivity index (χ1) is 11.7. The molecule has 0 unspecified atom stereocenters. The van der Waals surface area contributed by atoms with E-state index >= 15 is 0 Å². The topological polar surface area (TPSA) is 34.0 Å². The van der Waals surface area contributed by atoms with E-state index in [2.05, 4.69) is 53.2 Å². The number of benzene rings is 2. The molecule has 0 aliphatic heterocycles. The normalized spacial score (nSPS) is 11.2. The smallest absolute Gasteiger partial charge is 0.265 e. The van der Waals surface area contributed by atoms with Crippen LogP contribution in [0.5, 0.6) is 0 Å². The minimum Gasteiger partial charge on any atom is -0.341 e. The van der Waals surface area contributed by atoms with E-state index in [1.807, 2.05) is 25.1 Å². The number of carbonyl (C=O) groups excluding carboxylic acids is 1. The first-order valence-electron chi connectivity index (χ1n) is 8.06. The Kier molecular flexibility index (Phi) is 3.62. The minimum atomic E-state index is -0.0494. The summed E-state index contributed by atoms with van der Waals surface area (Å²) in [5, 5.41) is 5.41. The number of hydrogen-bond donors (Lipinski definition) is 1. The third-order valence-corrected chi connectivity index (χ3v) is 5.31. The van der Waals surface area contributed by atoms with Gasteiger partial charge < -0.3 is 9.88 Å². The van der Waals surface area contributed by atoms with Gasteiger partial charge in [-0.15, -0.1) is 11.3 Å².